The Bertz CT molecular complexity index is 67.5. The van der Waals surface area contributed by atoms with Crippen LogP contribution in [-0.2, 0) is 0 Å². The fourth-order valence-electron chi connectivity index (χ4n) is 0.280. The monoisotopic (exact) mass is 264 g/mol. The van der Waals surface area contributed by atoms with Gasteiger partial charge in [-0.2, -0.15) is 0 Å². The molecule has 0 spiro atoms. The third-order valence-corrected chi connectivity index (χ3v) is 6.15. The van der Waals surface area contributed by atoms with E-state index < -0.39 is 0 Å². The summed E-state index contributed by atoms with van der Waals surface area (Å²) < 4.78 is 0. The highest BCUT2D eigenvalue weighted by molar-refractivity contribution is 8.85. The summed E-state index contributed by atoms with van der Waals surface area (Å²) in [5, 5.41) is 17.9. The van der Waals surface area contributed by atoms with Crippen molar-refractivity contribution >= 4 is 43.2 Å². The molecule has 0 radical (unpaired) electrons. The largest absolute Gasteiger partial charge is 0.395 e. The molecule has 6 heteroatoms. The van der Waals surface area contributed by atoms with Gasteiger partial charge in [0.15, 0.2) is 0 Å². The molecule has 0 aromatic heterocycles. The predicted molar refractivity (Wildman–Crippen MR) is 72.6 cm³/mol. The molecule has 0 atom stereocenters. The van der Waals surface area contributed by atoms with Crippen molar-refractivity contribution in [1.29, 1.82) is 0 Å². The molecule has 2 nitrogen and oxygen atoms in total. The molecule has 0 heterocycles. The van der Waals surface area contributed by atoms with Crippen molar-refractivity contribution in [3.8, 4) is 0 Å². The maximum Gasteiger partial charge on any atom is 0.0600 e. The first-order chi connectivity index (χ1) is 5.41. The van der Waals surface area contributed by atoms with Gasteiger partial charge in [-0.1, -0.05) is 58.0 Å². The van der Waals surface area contributed by atoms with E-state index in [-0.39, 0.29) is 28.1 Å². The minimum atomic E-state index is 0. The lowest BCUT2D eigenvalue weighted by atomic mass is 10.9. The topological polar surface area (TPSA) is 40.5 Å². The van der Waals surface area contributed by atoms with E-state index in [1.165, 1.54) is 0 Å². The van der Waals surface area contributed by atoms with E-state index >= 15 is 0 Å². The fourth-order valence-corrected chi connectivity index (χ4v) is 5.16. The average molecular weight is 265 g/mol. The van der Waals surface area contributed by atoms with E-state index in [0.717, 1.165) is 16.6 Å². The van der Waals surface area contributed by atoms with E-state index in [1.54, 1.807) is 43.2 Å². The predicted octanol–water partition coefficient (Wildman–Crippen LogP) is 2.96. The molecule has 84 valence electrons. The number of aliphatic hydroxyl groups is 2. The van der Waals surface area contributed by atoms with Gasteiger partial charge in [-0.05, 0) is 0 Å². The molecule has 0 saturated heterocycles. The second-order valence-electron chi connectivity index (χ2n) is 1.44. The van der Waals surface area contributed by atoms with Crippen molar-refractivity contribution in [3.63, 3.8) is 0 Å². The van der Waals surface area contributed by atoms with Crippen LogP contribution in [0.15, 0.2) is 0 Å². The molecule has 0 saturated carbocycles. The molecule has 0 rings (SSSR count). The first-order valence-electron chi connectivity index (χ1n) is 3.12. The van der Waals surface area contributed by atoms with Crippen LogP contribution in [0.5, 0.6) is 0 Å². The summed E-state index contributed by atoms with van der Waals surface area (Å²) in [7, 11) is 6.85. The molecule has 0 unspecified atom stereocenters. The molecular formula is C7H20O2S4. The minimum Gasteiger partial charge on any atom is -0.395 e. The van der Waals surface area contributed by atoms with Crippen LogP contribution in [0.4, 0.5) is 0 Å². The quantitative estimate of drug-likeness (QED) is 0.399. The lowest BCUT2D eigenvalue weighted by Crippen LogP contribution is -1.83. The van der Waals surface area contributed by atoms with Crippen molar-refractivity contribution in [1.82, 2.24) is 0 Å². The van der Waals surface area contributed by atoms with E-state index in [1.807, 2.05) is 0 Å². The van der Waals surface area contributed by atoms with Gasteiger partial charge in [0.1, 0.15) is 0 Å². The summed E-state index contributed by atoms with van der Waals surface area (Å²) in [6.45, 7) is 0.512. The van der Waals surface area contributed by atoms with Crippen molar-refractivity contribution in [2.75, 3.05) is 29.8 Å². The summed E-state index contributed by atoms with van der Waals surface area (Å²) in [4.78, 5) is 0. The molecule has 0 amide bonds. The summed E-state index contributed by atoms with van der Waals surface area (Å²) in [6.07, 6.45) is 0. The highest BCUT2D eigenvalue weighted by Gasteiger charge is 1.90. The van der Waals surface area contributed by atoms with Crippen molar-refractivity contribution in [3.05, 3.63) is 0 Å². The number of rotatable bonds is 8. The van der Waals surface area contributed by atoms with E-state index in [0.29, 0.717) is 0 Å². The van der Waals surface area contributed by atoms with Crippen LogP contribution in [0, 0.1) is 0 Å². The number of hydrogen-bond acceptors (Lipinski definition) is 6. The summed E-state index contributed by atoms with van der Waals surface area (Å²) in [6, 6.07) is 0. The van der Waals surface area contributed by atoms with E-state index in [4.69, 9.17) is 10.2 Å². The van der Waals surface area contributed by atoms with Crippen LogP contribution in [0.2, 0.25) is 0 Å². The average Bonchev–Trinajstić information content (AvgIpc) is 2.03. The summed E-state index contributed by atoms with van der Waals surface area (Å²) in [5.41, 5.74) is 0. The van der Waals surface area contributed by atoms with Gasteiger partial charge in [-0.15, -0.1) is 0 Å². The zero-order valence-electron chi connectivity index (χ0n) is 6.06. The number of aliphatic hydroxyl groups excluding tert-OH is 2. The Balaban J connectivity index is -0.000000500. The molecule has 0 aliphatic rings. The molecule has 2 N–H and O–H groups in total. The van der Waals surface area contributed by atoms with Gasteiger partial charge in [0, 0.05) is 11.5 Å². The highest BCUT2D eigenvalue weighted by atomic mass is 33.1. The lowest BCUT2D eigenvalue weighted by Gasteiger charge is -1.97. The molecule has 0 bridgehead atoms. The standard InChI is InChI=1S/C5H12O2S4.2CH4/c6-1-3-8-10-5-11-9-4-2-7;;/h6-7H,1-5H2;2*1H4. The summed E-state index contributed by atoms with van der Waals surface area (Å²) >= 11 is 0. The number of hydrogen-bond donors (Lipinski definition) is 2. The molecule has 0 aromatic carbocycles. The van der Waals surface area contributed by atoms with Crippen molar-refractivity contribution in [2.24, 2.45) is 0 Å². The maximum absolute atomic E-state index is 8.43. The van der Waals surface area contributed by atoms with Crippen molar-refractivity contribution in [2.45, 2.75) is 14.9 Å². The van der Waals surface area contributed by atoms with Crippen molar-refractivity contribution < 1.29 is 10.2 Å². The van der Waals surface area contributed by atoms with Gasteiger partial charge in [-0.3, -0.25) is 0 Å². The normalized spacial score (nSPS) is 8.77. The van der Waals surface area contributed by atoms with Gasteiger partial charge in [0.05, 0.1) is 18.3 Å². The Morgan fingerprint density at radius 2 is 1.08 bits per heavy atom. The third-order valence-electron chi connectivity index (χ3n) is 0.612. The first-order valence-corrected chi connectivity index (χ1v) is 8.10. The SMILES string of the molecule is C.C.OCCSSCSSCCO. The minimum absolute atomic E-state index is 0. The first kappa shape index (κ1) is 19.8. The highest BCUT2D eigenvalue weighted by Crippen LogP contribution is 2.31. The van der Waals surface area contributed by atoms with Gasteiger partial charge in [0.25, 0.3) is 0 Å². The smallest absolute Gasteiger partial charge is 0.0600 e. The molecule has 0 aromatic rings. The zero-order chi connectivity index (χ0) is 8.36. The van der Waals surface area contributed by atoms with E-state index in [9.17, 15) is 0 Å². The fraction of sp³-hybridized carbons (Fsp3) is 1.00. The van der Waals surface area contributed by atoms with Gasteiger partial charge in [-0.25, -0.2) is 0 Å². The molecular weight excluding hydrogens is 244 g/mol. The Morgan fingerprint density at radius 1 is 0.692 bits per heavy atom. The maximum atomic E-state index is 8.43. The Labute approximate surface area is 97.8 Å². The second-order valence-corrected chi connectivity index (χ2v) is 6.98. The summed E-state index contributed by atoms with van der Waals surface area (Å²) in [5.74, 6) is 1.60. The Kier molecular flexibility index (Phi) is 29.0. The Hall–Kier alpha value is 1.32. The molecule has 13 heavy (non-hydrogen) atoms. The van der Waals surface area contributed by atoms with Crippen LogP contribution < -0.4 is 0 Å². The molecule has 0 fully saturated rings. The van der Waals surface area contributed by atoms with Crippen LogP contribution in [0.1, 0.15) is 14.9 Å². The van der Waals surface area contributed by atoms with Gasteiger partial charge < -0.3 is 10.2 Å². The van der Waals surface area contributed by atoms with Crippen LogP contribution in [0.3, 0.4) is 0 Å². The van der Waals surface area contributed by atoms with Gasteiger partial charge in [0.2, 0.25) is 0 Å². The van der Waals surface area contributed by atoms with E-state index in [2.05, 4.69) is 0 Å². The Morgan fingerprint density at radius 3 is 1.38 bits per heavy atom. The van der Waals surface area contributed by atoms with Crippen LogP contribution in [0.25, 0.3) is 0 Å². The van der Waals surface area contributed by atoms with Crippen LogP contribution >= 0.6 is 43.2 Å². The molecule has 0 aliphatic carbocycles. The second kappa shape index (κ2) is 19.0. The zero-order valence-corrected chi connectivity index (χ0v) is 9.33. The lowest BCUT2D eigenvalue weighted by molar-refractivity contribution is 0.322. The van der Waals surface area contributed by atoms with Gasteiger partial charge >= 0.3 is 0 Å². The molecule has 0 aliphatic heterocycles. The van der Waals surface area contributed by atoms with Crippen LogP contribution in [-0.4, -0.2) is 40.0 Å². The third kappa shape index (κ3) is 19.7.